The number of halogens is 3. The first-order chi connectivity index (χ1) is 10.8. The maximum atomic E-state index is 12.6. The summed E-state index contributed by atoms with van der Waals surface area (Å²) >= 11 is 0. The van der Waals surface area contributed by atoms with Gasteiger partial charge in [-0.25, -0.2) is 4.79 Å². The SMILES string of the molecule is CCn1ccc(C(C)NC(=O)Nc2cccc(C(F)(F)F)c2)n1. The van der Waals surface area contributed by atoms with E-state index in [9.17, 15) is 18.0 Å². The Hall–Kier alpha value is -2.51. The normalized spacial score (nSPS) is 12.7. The molecule has 2 N–H and O–H groups in total. The zero-order chi connectivity index (χ0) is 17.0. The molecule has 2 rings (SSSR count). The van der Waals surface area contributed by atoms with Crippen LogP contribution in [-0.2, 0) is 12.7 Å². The van der Waals surface area contributed by atoms with Gasteiger partial charge in [-0.2, -0.15) is 18.3 Å². The molecule has 0 aliphatic carbocycles. The summed E-state index contributed by atoms with van der Waals surface area (Å²) in [7, 11) is 0. The number of carbonyl (C=O) groups is 1. The van der Waals surface area contributed by atoms with E-state index in [0.717, 1.165) is 12.1 Å². The van der Waals surface area contributed by atoms with Crippen LogP contribution >= 0.6 is 0 Å². The van der Waals surface area contributed by atoms with Crippen molar-refractivity contribution in [3.05, 3.63) is 47.8 Å². The van der Waals surface area contributed by atoms with Gasteiger partial charge in [-0.3, -0.25) is 4.68 Å². The highest BCUT2D eigenvalue weighted by Crippen LogP contribution is 2.30. The van der Waals surface area contributed by atoms with Gasteiger partial charge in [0.25, 0.3) is 0 Å². The number of carbonyl (C=O) groups excluding carboxylic acids is 1. The summed E-state index contributed by atoms with van der Waals surface area (Å²) in [6.45, 7) is 4.40. The van der Waals surface area contributed by atoms with E-state index >= 15 is 0 Å². The molecular weight excluding hydrogens is 309 g/mol. The molecule has 0 aliphatic heterocycles. The Bertz CT molecular complexity index is 681. The van der Waals surface area contributed by atoms with E-state index in [1.165, 1.54) is 12.1 Å². The first-order valence-corrected chi connectivity index (χ1v) is 7.07. The Balaban J connectivity index is 1.99. The molecule has 1 unspecified atom stereocenters. The number of amides is 2. The molecule has 0 bridgehead atoms. The standard InChI is InChI=1S/C15H17F3N4O/c1-3-22-8-7-13(21-22)10(2)19-14(23)20-12-6-4-5-11(9-12)15(16,17)18/h4-10H,3H2,1-2H3,(H2,19,20,23). The summed E-state index contributed by atoms with van der Waals surface area (Å²) in [5, 5.41) is 9.28. The molecule has 23 heavy (non-hydrogen) atoms. The second-order valence-corrected chi connectivity index (χ2v) is 5.00. The van der Waals surface area contributed by atoms with Gasteiger partial charge >= 0.3 is 12.2 Å². The number of alkyl halides is 3. The van der Waals surface area contributed by atoms with Gasteiger partial charge in [0.2, 0.25) is 0 Å². The van der Waals surface area contributed by atoms with Gasteiger partial charge in [0.05, 0.1) is 17.3 Å². The minimum Gasteiger partial charge on any atom is -0.330 e. The number of hydrogen-bond donors (Lipinski definition) is 2. The largest absolute Gasteiger partial charge is 0.416 e. The number of hydrogen-bond acceptors (Lipinski definition) is 2. The molecule has 0 aliphatic rings. The Kier molecular flexibility index (Phi) is 4.92. The van der Waals surface area contributed by atoms with Crippen molar-refractivity contribution < 1.29 is 18.0 Å². The molecule has 1 aromatic heterocycles. The van der Waals surface area contributed by atoms with Crippen LogP contribution in [0.25, 0.3) is 0 Å². The number of benzene rings is 1. The van der Waals surface area contributed by atoms with Gasteiger partial charge in [-0.1, -0.05) is 6.07 Å². The lowest BCUT2D eigenvalue weighted by atomic mass is 10.2. The van der Waals surface area contributed by atoms with Gasteiger partial charge in [-0.15, -0.1) is 0 Å². The van der Waals surface area contributed by atoms with Crippen molar-refractivity contribution in [2.45, 2.75) is 32.6 Å². The zero-order valence-corrected chi connectivity index (χ0v) is 12.7. The number of anilines is 1. The number of nitrogens with zero attached hydrogens (tertiary/aromatic N) is 2. The van der Waals surface area contributed by atoms with Crippen molar-refractivity contribution in [1.29, 1.82) is 0 Å². The highest BCUT2D eigenvalue weighted by Gasteiger charge is 2.30. The highest BCUT2D eigenvalue weighted by atomic mass is 19.4. The van der Waals surface area contributed by atoms with E-state index in [0.29, 0.717) is 12.2 Å². The Morgan fingerprint density at radius 1 is 1.35 bits per heavy atom. The highest BCUT2D eigenvalue weighted by molar-refractivity contribution is 5.89. The summed E-state index contributed by atoms with van der Waals surface area (Å²) in [6, 6.07) is 5.28. The number of aromatic nitrogens is 2. The molecule has 2 amide bonds. The van der Waals surface area contributed by atoms with Crippen LogP contribution in [0.2, 0.25) is 0 Å². The zero-order valence-electron chi connectivity index (χ0n) is 12.7. The Morgan fingerprint density at radius 3 is 2.70 bits per heavy atom. The number of urea groups is 1. The first-order valence-electron chi connectivity index (χ1n) is 7.07. The lowest BCUT2D eigenvalue weighted by Crippen LogP contribution is -2.31. The quantitative estimate of drug-likeness (QED) is 0.898. The van der Waals surface area contributed by atoms with Crippen LogP contribution in [0.15, 0.2) is 36.5 Å². The Morgan fingerprint density at radius 2 is 2.09 bits per heavy atom. The molecule has 2 aromatic rings. The second kappa shape index (κ2) is 6.72. The van der Waals surface area contributed by atoms with Crippen molar-refractivity contribution >= 4 is 11.7 Å². The summed E-state index contributed by atoms with van der Waals surface area (Å²) in [4.78, 5) is 11.9. The van der Waals surface area contributed by atoms with Crippen LogP contribution in [-0.4, -0.2) is 15.8 Å². The van der Waals surface area contributed by atoms with Crippen LogP contribution in [0.4, 0.5) is 23.7 Å². The van der Waals surface area contributed by atoms with E-state index in [1.54, 1.807) is 23.9 Å². The number of aryl methyl sites for hydroxylation is 1. The minimum absolute atomic E-state index is 0.0728. The average Bonchev–Trinajstić information content (AvgIpc) is 2.95. The van der Waals surface area contributed by atoms with Crippen LogP contribution in [0.1, 0.15) is 31.1 Å². The van der Waals surface area contributed by atoms with Crippen LogP contribution in [0.5, 0.6) is 0 Å². The topological polar surface area (TPSA) is 59.0 Å². The third-order valence-corrected chi connectivity index (χ3v) is 3.22. The van der Waals surface area contributed by atoms with Gasteiger partial charge in [0.15, 0.2) is 0 Å². The van der Waals surface area contributed by atoms with Crippen molar-refractivity contribution in [2.24, 2.45) is 0 Å². The third kappa shape index (κ3) is 4.48. The number of rotatable bonds is 4. The molecule has 0 spiro atoms. The van der Waals surface area contributed by atoms with E-state index in [2.05, 4.69) is 15.7 Å². The molecule has 124 valence electrons. The predicted octanol–water partition coefficient (Wildman–Crippen LogP) is 3.80. The second-order valence-electron chi connectivity index (χ2n) is 5.00. The van der Waals surface area contributed by atoms with E-state index < -0.39 is 17.8 Å². The molecule has 0 saturated heterocycles. The summed E-state index contributed by atoms with van der Waals surface area (Å²) in [6.07, 6.45) is -2.66. The van der Waals surface area contributed by atoms with Gasteiger partial charge in [-0.05, 0) is 38.1 Å². The van der Waals surface area contributed by atoms with E-state index in [-0.39, 0.29) is 11.7 Å². The lowest BCUT2D eigenvalue weighted by Gasteiger charge is -2.14. The van der Waals surface area contributed by atoms with Crippen molar-refractivity contribution in [3.63, 3.8) is 0 Å². The molecule has 0 saturated carbocycles. The fourth-order valence-corrected chi connectivity index (χ4v) is 2.00. The summed E-state index contributed by atoms with van der Waals surface area (Å²) in [5.74, 6) is 0. The van der Waals surface area contributed by atoms with Crippen LogP contribution < -0.4 is 10.6 Å². The average molecular weight is 326 g/mol. The van der Waals surface area contributed by atoms with Gasteiger partial charge < -0.3 is 10.6 Å². The lowest BCUT2D eigenvalue weighted by molar-refractivity contribution is -0.137. The molecule has 1 atom stereocenters. The first kappa shape index (κ1) is 16.9. The predicted molar refractivity (Wildman–Crippen MR) is 79.9 cm³/mol. The smallest absolute Gasteiger partial charge is 0.330 e. The van der Waals surface area contributed by atoms with E-state index in [4.69, 9.17) is 0 Å². The fraction of sp³-hybridized carbons (Fsp3) is 0.333. The molecule has 1 heterocycles. The van der Waals surface area contributed by atoms with Gasteiger partial charge in [0, 0.05) is 18.4 Å². The molecule has 5 nitrogen and oxygen atoms in total. The van der Waals surface area contributed by atoms with E-state index in [1.807, 2.05) is 6.92 Å². The van der Waals surface area contributed by atoms with Crippen molar-refractivity contribution in [3.8, 4) is 0 Å². The molecule has 0 fully saturated rings. The third-order valence-electron chi connectivity index (χ3n) is 3.22. The molecule has 1 aromatic carbocycles. The summed E-state index contributed by atoms with van der Waals surface area (Å²) < 4.78 is 39.6. The monoisotopic (exact) mass is 326 g/mol. The Labute approximate surface area is 131 Å². The maximum Gasteiger partial charge on any atom is 0.416 e. The van der Waals surface area contributed by atoms with Gasteiger partial charge in [0.1, 0.15) is 0 Å². The molecule has 8 heteroatoms. The fourth-order valence-electron chi connectivity index (χ4n) is 2.00. The molecular formula is C15H17F3N4O. The summed E-state index contributed by atoms with van der Waals surface area (Å²) in [5.41, 5.74) is -0.0697. The minimum atomic E-state index is -4.45. The van der Waals surface area contributed by atoms with Crippen LogP contribution in [0.3, 0.4) is 0 Å². The van der Waals surface area contributed by atoms with Crippen molar-refractivity contribution in [1.82, 2.24) is 15.1 Å². The number of nitrogens with one attached hydrogen (secondary N) is 2. The maximum absolute atomic E-state index is 12.6. The molecule has 0 radical (unpaired) electrons. The van der Waals surface area contributed by atoms with Crippen molar-refractivity contribution in [2.75, 3.05) is 5.32 Å². The van der Waals surface area contributed by atoms with Crippen LogP contribution in [0, 0.1) is 0 Å².